The van der Waals surface area contributed by atoms with Crippen LogP contribution in [0.4, 0.5) is 5.82 Å². The van der Waals surface area contributed by atoms with Crippen molar-refractivity contribution in [3.63, 3.8) is 0 Å². The number of aromatic amines is 1. The minimum atomic E-state index is -0.297. The summed E-state index contributed by atoms with van der Waals surface area (Å²) in [7, 11) is 0. The number of aromatic nitrogens is 2. The molecule has 0 saturated carbocycles. The maximum absolute atomic E-state index is 12.1. The van der Waals surface area contributed by atoms with Gasteiger partial charge in [0.1, 0.15) is 0 Å². The van der Waals surface area contributed by atoms with Gasteiger partial charge in [-0.1, -0.05) is 12.1 Å². The maximum atomic E-state index is 12.1. The van der Waals surface area contributed by atoms with E-state index in [9.17, 15) is 9.59 Å². The fourth-order valence-corrected chi connectivity index (χ4v) is 2.06. The molecule has 1 aliphatic heterocycles. The van der Waals surface area contributed by atoms with Crippen molar-refractivity contribution >= 4 is 28.5 Å². The van der Waals surface area contributed by atoms with Crippen molar-refractivity contribution in [2.75, 3.05) is 4.90 Å². The van der Waals surface area contributed by atoms with Crippen LogP contribution >= 0.6 is 0 Å². The second-order valence-electron chi connectivity index (χ2n) is 4.29. The summed E-state index contributed by atoms with van der Waals surface area (Å²) in [6.07, 6.45) is 0. The number of benzene rings is 1. The molecule has 0 saturated heterocycles. The van der Waals surface area contributed by atoms with Gasteiger partial charge in [0.25, 0.3) is 11.8 Å². The van der Waals surface area contributed by atoms with Gasteiger partial charge in [0.05, 0.1) is 5.52 Å². The number of amides is 2. The molecule has 0 radical (unpaired) electrons. The molecule has 0 fully saturated rings. The summed E-state index contributed by atoms with van der Waals surface area (Å²) < 4.78 is 0. The molecule has 0 bridgehead atoms. The first-order valence-electron chi connectivity index (χ1n) is 5.60. The number of para-hydroxylation sites is 1. The maximum Gasteiger partial charge on any atom is 0.262 e. The average molecular weight is 241 g/mol. The third-order valence-electron chi connectivity index (χ3n) is 3.27. The topological polar surface area (TPSA) is 66.1 Å². The number of nitrogens with one attached hydrogen (secondary N) is 1. The van der Waals surface area contributed by atoms with Gasteiger partial charge in [-0.3, -0.25) is 14.7 Å². The van der Waals surface area contributed by atoms with Gasteiger partial charge < -0.3 is 0 Å². The lowest BCUT2D eigenvalue weighted by molar-refractivity contribution is -0.120. The molecule has 2 aromatic rings. The lowest BCUT2D eigenvalue weighted by atomic mass is 10.2. The van der Waals surface area contributed by atoms with Crippen molar-refractivity contribution in [2.24, 2.45) is 0 Å². The van der Waals surface area contributed by atoms with Gasteiger partial charge in [-0.05, 0) is 26.0 Å². The number of fused-ring (bicyclic) bond motifs is 1. The Labute approximate surface area is 103 Å². The lowest BCUT2D eigenvalue weighted by Gasteiger charge is -2.11. The Kier molecular flexibility index (Phi) is 2.10. The normalized spacial score (nSPS) is 16.2. The highest BCUT2D eigenvalue weighted by Crippen LogP contribution is 2.30. The van der Waals surface area contributed by atoms with E-state index in [1.165, 1.54) is 0 Å². The number of imide groups is 1. The molecule has 2 heterocycles. The Hall–Kier alpha value is -2.43. The van der Waals surface area contributed by atoms with E-state index in [1.807, 2.05) is 24.3 Å². The predicted molar refractivity (Wildman–Crippen MR) is 67.0 cm³/mol. The molecule has 5 heteroatoms. The average Bonchev–Trinajstić information content (AvgIpc) is 2.87. The molecule has 0 unspecified atom stereocenters. The van der Waals surface area contributed by atoms with Crippen LogP contribution in [0.15, 0.2) is 35.4 Å². The number of anilines is 1. The molecular weight excluding hydrogens is 230 g/mol. The number of hydrogen-bond donors (Lipinski definition) is 1. The highest BCUT2D eigenvalue weighted by molar-refractivity contribution is 6.33. The Morgan fingerprint density at radius 1 is 1.06 bits per heavy atom. The standard InChI is InChI=1S/C13H11N3O2/c1-7-8(2)13(18)16(12(7)17)11-9-5-3-4-6-10(9)14-15-11/h3-6H,1-2H3,(H,14,15). The summed E-state index contributed by atoms with van der Waals surface area (Å²) in [6, 6.07) is 7.40. The smallest absolute Gasteiger partial charge is 0.262 e. The third-order valence-corrected chi connectivity index (χ3v) is 3.27. The Morgan fingerprint density at radius 2 is 1.67 bits per heavy atom. The number of carbonyl (C=O) groups excluding carboxylic acids is 2. The number of carbonyl (C=O) groups is 2. The van der Waals surface area contributed by atoms with Gasteiger partial charge in [0.2, 0.25) is 0 Å². The summed E-state index contributed by atoms with van der Waals surface area (Å²) in [5, 5.41) is 7.67. The molecule has 5 nitrogen and oxygen atoms in total. The molecule has 18 heavy (non-hydrogen) atoms. The summed E-state index contributed by atoms with van der Waals surface area (Å²) in [5.74, 6) is -0.221. The van der Waals surface area contributed by atoms with E-state index in [0.717, 1.165) is 15.8 Å². The van der Waals surface area contributed by atoms with Crippen molar-refractivity contribution < 1.29 is 9.59 Å². The van der Waals surface area contributed by atoms with Gasteiger partial charge in [-0.2, -0.15) is 5.10 Å². The zero-order valence-corrected chi connectivity index (χ0v) is 10.0. The predicted octanol–water partition coefficient (Wildman–Crippen LogP) is 1.77. The monoisotopic (exact) mass is 241 g/mol. The Bertz CT molecular complexity index is 688. The van der Waals surface area contributed by atoms with E-state index in [0.29, 0.717) is 17.0 Å². The van der Waals surface area contributed by atoms with Gasteiger partial charge in [-0.15, -0.1) is 0 Å². The van der Waals surface area contributed by atoms with Crippen LogP contribution in [0.1, 0.15) is 13.8 Å². The van der Waals surface area contributed by atoms with Crippen LogP contribution in [0.2, 0.25) is 0 Å². The molecule has 0 atom stereocenters. The van der Waals surface area contributed by atoms with Crippen molar-refractivity contribution in [1.29, 1.82) is 0 Å². The first-order valence-corrected chi connectivity index (χ1v) is 5.60. The van der Waals surface area contributed by atoms with Crippen molar-refractivity contribution in [2.45, 2.75) is 13.8 Å². The second kappa shape index (κ2) is 3.53. The number of hydrogen-bond acceptors (Lipinski definition) is 3. The Balaban J connectivity index is 2.18. The first kappa shape index (κ1) is 10.7. The molecule has 1 aromatic carbocycles. The van der Waals surface area contributed by atoms with Crippen molar-refractivity contribution in [3.05, 3.63) is 35.4 Å². The molecule has 1 aliphatic rings. The van der Waals surface area contributed by atoms with Gasteiger partial charge in [0, 0.05) is 16.5 Å². The summed E-state index contributed by atoms with van der Waals surface area (Å²) >= 11 is 0. The van der Waals surface area contributed by atoms with E-state index < -0.39 is 0 Å². The molecular formula is C13H11N3O2. The van der Waals surface area contributed by atoms with Crippen LogP contribution in [0.3, 0.4) is 0 Å². The first-order chi connectivity index (χ1) is 8.61. The van der Waals surface area contributed by atoms with Gasteiger partial charge in [-0.25, -0.2) is 4.90 Å². The van der Waals surface area contributed by atoms with Gasteiger partial charge >= 0.3 is 0 Å². The number of rotatable bonds is 1. The zero-order chi connectivity index (χ0) is 12.9. The lowest BCUT2D eigenvalue weighted by Crippen LogP contribution is -2.31. The van der Waals surface area contributed by atoms with Crippen LogP contribution < -0.4 is 4.90 Å². The molecule has 0 spiro atoms. The minimum Gasteiger partial charge on any atom is -0.276 e. The van der Waals surface area contributed by atoms with E-state index in [4.69, 9.17) is 0 Å². The SMILES string of the molecule is CC1=C(C)C(=O)N(c2n[nH]c3ccccc23)C1=O. The molecule has 3 rings (SSSR count). The second-order valence-corrected chi connectivity index (χ2v) is 4.29. The van der Waals surface area contributed by atoms with Crippen LogP contribution in [0, 0.1) is 0 Å². The fourth-order valence-electron chi connectivity index (χ4n) is 2.06. The van der Waals surface area contributed by atoms with Crippen molar-refractivity contribution in [1.82, 2.24) is 10.2 Å². The minimum absolute atomic E-state index is 0.297. The molecule has 0 aliphatic carbocycles. The highest BCUT2D eigenvalue weighted by Gasteiger charge is 2.36. The molecule has 1 N–H and O–H groups in total. The van der Waals surface area contributed by atoms with Crippen LogP contribution in [0.25, 0.3) is 10.9 Å². The zero-order valence-electron chi connectivity index (χ0n) is 10.0. The molecule has 1 aromatic heterocycles. The summed E-state index contributed by atoms with van der Waals surface area (Å²) in [6.45, 7) is 3.31. The largest absolute Gasteiger partial charge is 0.276 e. The van der Waals surface area contributed by atoms with Crippen molar-refractivity contribution in [3.8, 4) is 0 Å². The Morgan fingerprint density at radius 3 is 2.33 bits per heavy atom. The van der Waals surface area contributed by atoms with E-state index in [-0.39, 0.29) is 11.8 Å². The molecule has 2 amide bonds. The number of H-pyrrole nitrogens is 1. The summed E-state index contributed by atoms with van der Waals surface area (Å²) in [5.41, 5.74) is 1.76. The molecule has 90 valence electrons. The van der Waals surface area contributed by atoms with Gasteiger partial charge in [0.15, 0.2) is 5.82 Å². The highest BCUT2D eigenvalue weighted by atomic mass is 16.2. The van der Waals surface area contributed by atoms with Crippen LogP contribution in [0.5, 0.6) is 0 Å². The van der Waals surface area contributed by atoms with E-state index >= 15 is 0 Å². The van der Waals surface area contributed by atoms with E-state index in [2.05, 4.69) is 10.2 Å². The van der Waals surface area contributed by atoms with Crippen LogP contribution in [-0.4, -0.2) is 22.0 Å². The van der Waals surface area contributed by atoms with E-state index in [1.54, 1.807) is 13.8 Å². The quantitative estimate of drug-likeness (QED) is 0.774. The third kappa shape index (κ3) is 1.24. The summed E-state index contributed by atoms with van der Waals surface area (Å²) in [4.78, 5) is 25.3. The van der Waals surface area contributed by atoms with Crippen LogP contribution in [-0.2, 0) is 9.59 Å². The number of nitrogens with zero attached hydrogens (tertiary/aromatic N) is 2. The fraction of sp³-hybridized carbons (Fsp3) is 0.154.